The molecule has 6 nitrogen and oxygen atoms in total. The van der Waals surface area contributed by atoms with Gasteiger partial charge < -0.3 is 14.2 Å². The van der Waals surface area contributed by atoms with Crippen LogP contribution in [0.3, 0.4) is 0 Å². The van der Waals surface area contributed by atoms with Gasteiger partial charge in [-0.3, -0.25) is 14.4 Å². The first-order chi connectivity index (χ1) is 33.5. The molecule has 0 rings (SSSR count). The van der Waals surface area contributed by atoms with E-state index >= 15 is 0 Å². The molecule has 1 atom stereocenters. The third-order valence-corrected chi connectivity index (χ3v) is 12.1. The van der Waals surface area contributed by atoms with E-state index in [0.717, 1.165) is 128 Å². The van der Waals surface area contributed by atoms with E-state index in [1.54, 1.807) is 0 Å². The zero-order chi connectivity index (χ0) is 49.3. The lowest BCUT2D eigenvalue weighted by Crippen LogP contribution is -2.30. The van der Waals surface area contributed by atoms with Gasteiger partial charge in [0.25, 0.3) is 0 Å². The third kappa shape index (κ3) is 53.5. The summed E-state index contributed by atoms with van der Waals surface area (Å²) in [5.41, 5.74) is 0. The highest BCUT2D eigenvalue weighted by molar-refractivity contribution is 5.71. The third-order valence-electron chi connectivity index (χ3n) is 12.1. The normalized spacial score (nSPS) is 12.7. The van der Waals surface area contributed by atoms with Crippen LogP contribution in [0.25, 0.3) is 0 Å². The number of allylic oxidation sites excluding steroid dienone is 14. The molecule has 0 spiro atoms. The minimum atomic E-state index is -0.794. The topological polar surface area (TPSA) is 78.9 Å². The summed E-state index contributed by atoms with van der Waals surface area (Å²) in [6.07, 6.45) is 72.8. The fourth-order valence-corrected chi connectivity index (χ4v) is 7.81. The van der Waals surface area contributed by atoms with Gasteiger partial charge in [0.2, 0.25) is 0 Å². The van der Waals surface area contributed by atoms with Gasteiger partial charge >= 0.3 is 17.9 Å². The van der Waals surface area contributed by atoms with E-state index in [9.17, 15) is 14.4 Å². The van der Waals surface area contributed by atoms with E-state index in [2.05, 4.69) is 106 Å². The van der Waals surface area contributed by atoms with Gasteiger partial charge in [-0.2, -0.15) is 0 Å². The average Bonchev–Trinajstić information content (AvgIpc) is 3.34. The van der Waals surface area contributed by atoms with Crippen molar-refractivity contribution in [2.75, 3.05) is 13.2 Å². The Hall–Kier alpha value is -3.41. The molecule has 0 saturated heterocycles. The summed E-state index contributed by atoms with van der Waals surface area (Å²) in [6, 6.07) is 0. The van der Waals surface area contributed by atoms with Crippen molar-refractivity contribution in [3.8, 4) is 0 Å². The van der Waals surface area contributed by atoms with Crippen LogP contribution in [0.4, 0.5) is 0 Å². The summed E-state index contributed by atoms with van der Waals surface area (Å²) in [7, 11) is 0. The molecule has 0 radical (unpaired) electrons. The van der Waals surface area contributed by atoms with Crippen molar-refractivity contribution >= 4 is 17.9 Å². The summed E-state index contributed by atoms with van der Waals surface area (Å²) < 4.78 is 16.8. The lowest BCUT2D eigenvalue weighted by Gasteiger charge is -2.18. The maximum atomic E-state index is 12.9. The Labute approximate surface area is 420 Å². The van der Waals surface area contributed by atoms with Gasteiger partial charge in [0.1, 0.15) is 13.2 Å². The van der Waals surface area contributed by atoms with Gasteiger partial charge in [0.05, 0.1) is 0 Å². The number of ether oxygens (including phenoxy) is 3. The highest BCUT2D eigenvalue weighted by Gasteiger charge is 2.19. The van der Waals surface area contributed by atoms with Crippen molar-refractivity contribution < 1.29 is 28.6 Å². The zero-order valence-corrected chi connectivity index (χ0v) is 44.6. The Bertz CT molecular complexity index is 1320. The summed E-state index contributed by atoms with van der Waals surface area (Å²) in [5, 5.41) is 0. The smallest absolute Gasteiger partial charge is 0.306 e. The second-order valence-corrected chi connectivity index (χ2v) is 18.8. The maximum Gasteiger partial charge on any atom is 0.306 e. The largest absolute Gasteiger partial charge is 0.462 e. The molecule has 68 heavy (non-hydrogen) atoms. The van der Waals surface area contributed by atoms with Crippen LogP contribution in [0.15, 0.2) is 85.1 Å². The Kier molecular flexibility index (Phi) is 53.4. The first-order valence-electron chi connectivity index (χ1n) is 28.6. The van der Waals surface area contributed by atoms with Crippen LogP contribution >= 0.6 is 0 Å². The summed E-state index contributed by atoms with van der Waals surface area (Å²) in [6.45, 7) is 6.48. The Morgan fingerprint density at radius 3 is 0.941 bits per heavy atom. The molecule has 0 aromatic heterocycles. The maximum absolute atomic E-state index is 12.9. The molecule has 6 heteroatoms. The molecule has 0 aromatic carbocycles. The van der Waals surface area contributed by atoms with Gasteiger partial charge in [-0.05, 0) is 116 Å². The van der Waals surface area contributed by atoms with Crippen LogP contribution in [0.5, 0.6) is 0 Å². The molecule has 0 saturated carbocycles. The first kappa shape index (κ1) is 64.6. The molecular formula is C62H106O6. The van der Waals surface area contributed by atoms with Gasteiger partial charge in [-0.25, -0.2) is 0 Å². The Balaban J connectivity index is 4.44. The van der Waals surface area contributed by atoms with Gasteiger partial charge in [-0.1, -0.05) is 221 Å². The molecular weight excluding hydrogens is 841 g/mol. The monoisotopic (exact) mass is 947 g/mol. The molecule has 0 fully saturated rings. The van der Waals surface area contributed by atoms with Crippen LogP contribution in [0, 0.1) is 0 Å². The molecule has 0 bridgehead atoms. The molecule has 0 heterocycles. The summed E-state index contributed by atoms with van der Waals surface area (Å²) in [4.78, 5) is 38.2. The van der Waals surface area contributed by atoms with Crippen molar-refractivity contribution in [3.05, 3.63) is 85.1 Å². The number of unbranched alkanes of at least 4 members (excludes halogenated alkanes) is 26. The molecule has 390 valence electrons. The minimum absolute atomic E-state index is 0.0924. The second kappa shape index (κ2) is 56.2. The molecule has 0 aliphatic rings. The van der Waals surface area contributed by atoms with Gasteiger partial charge in [0.15, 0.2) is 6.10 Å². The van der Waals surface area contributed by atoms with E-state index in [4.69, 9.17) is 14.2 Å². The molecule has 1 unspecified atom stereocenters. The first-order valence-corrected chi connectivity index (χ1v) is 28.6. The van der Waals surface area contributed by atoms with Crippen LogP contribution in [-0.2, 0) is 28.6 Å². The van der Waals surface area contributed by atoms with Crippen molar-refractivity contribution in [2.45, 2.75) is 277 Å². The van der Waals surface area contributed by atoms with Crippen LogP contribution in [-0.4, -0.2) is 37.2 Å². The van der Waals surface area contributed by atoms with E-state index in [-0.39, 0.29) is 31.1 Å². The fourth-order valence-electron chi connectivity index (χ4n) is 7.81. The number of carbonyl (C=O) groups excluding carboxylic acids is 3. The summed E-state index contributed by atoms with van der Waals surface area (Å²) >= 11 is 0. The quantitative estimate of drug-likeness (QED) is 0.0262. The average molecular weight is 948 g/mol. The Morgan fingerprint density at radius 1 is 0.309 bits per heavy atom. The summed E-state index contributed by atoms with van der Waals surface area (Å²) in [5.74, 6) is -0.924. The zero-order valence-electron chi connectivity index (χ0n) is 44.6. The number of rotatable bonds is 51. The number of hydrogen-bond acceptors (Lipinski definition) is 6. The molecule has 0 amide bonds. The number of carbonyl (C=O) groups is 3. The van der Waals surface area contributed by atoms with Crippen LogP contribution < -0.4 is 0 Å². The fraction of sp³-hybridized carbons (Fsp3) is 0.726. The van der Waals surface area contributed by atoms with Crippen LogP contribution in [0.2, 0.25) is 0 Å². The van der Waals surface area contributed by atoms with Gasteiger partial charge in [0, 0.05) is 19.3 Å². The lowest BCUT2D eigenvalue weighted by molar-refractivity contribution is -0.167. The number of hydrogen-bond donors (Lipinski definition) is 0. The molecule has 0 aliphatic carbocycles. The van der Waals surface area contributed by atoms with Crippen LogP contribution in [0.1, 0.15) is 271 Å². The van der Waals surface area contributed by atoms with E-state index in [1.807, 2.05) is 0 Å². The van der Waals surface area contributed by atoms with E-state index in [0.29, 0.717) is 19.3 Å². The molecule has 0 aromatic rings. The minimum Gasteiger partial charge on any atom is -0.462 e. The molecule has 0 aliphatic heterocycles. The number of esters is 3. The van der Waals surface area contributed by atoms with Crippen molar-refractivity contribution in [2.24, 2.45) is 0 Å². The van der Waals surface area contributed by atoms with E-state index in [1.165, 1.54) is 103 Å². The van der Waals surface area contributed by atoms with E-state index < -0.39 is 6.10 Å². The van der Waals surface area contributed by atoms with Gasteiger partial charge in [-0.15, -0.1) is 0 Å². The Morgan fingerprint density at radius 2 is 0.574 bits per heavy atom. The van der Waals surface area contributed by atoms with Crippen molar-refractivity contribution in [3.63, 3.8) is 0 Å². The SMILES string of the molecule is CC/C=C\C/C=C\C/C=C\CCCCCCCC(=O)OCC(COC(=O)CCCCCCCC/C=C\C/C=C\C/C=C\CCCCC)OC(=O)CCCCCCC/C=C\CCCCCCCCC. The second-order valence-electron chi connectivity index (χ2n) is 18.8. The van der Waals surface area contributed by atoms with Crippen molar-refractivity contribution in [1.29, 1.82) is 0 Å². The standard InChI is InChI=1S/C62H106O6/c1-4-7-10-13-16-19-22-25-28-30-31-32-35-37-40-43-46-49-52-55-61(64)67-58-59(57-66-60(63)54-51-48-45-42-39-36-33-27-24-21-18-15-12-9-6-3)68-62(65)56-53-50-47-44-41-38-34-29-26-23-20-17-14-11-8-5-2/h9,12,16,18-19,21,25,27-29,31-34,59H,4-8,10-11,13-15,17,20,22-24,26,30,35-58H2,1-3H3/b12-9-,19-16-,21-18-,28-25-,32-31-,33-27-,34-29-. The highest BCUT2D eigenvalue weighted by Crippen LogP contribution is 2.14. The molecule has 0 N–H and O–H groups in total. The predicted molar refractivity (Wildman–Crippen MR) is 293 cm³/mol. The highest BCUT2D eigenvalue weighted by atomic mass is 16.6. The van der Waals surface area contributed by atoms with Crippen molar-refractivity contribution in [1.82, 2.24) is 0 Å². The predicted octanol–water partition coefficient (Wildman–Crippen LogP) is 19.2. The lowest BCUT2D eigenvalue weighted by atomic mass is 10.1.